The summed E-state index contributed by atoms with van der Waals surface area (Å²) >= 11 is 0. The topological polar surface area (TPSA) is 9.23 Å². The van der Waals surface area contributed by atoms with Crippen LogP contribution < -0.4 is 0 Å². The maximum absolute atomic E-state index is 5.63. The molecule has 0 bridgehead atoms. The van der Waals surface area contributed by atoms with Crippen molar-refractivity contribution in [1.29, 1.82) is 0 Å². The van der Waals surface area contributed by atoms with Gasteiger partial charge in [0, 0.05) is 12.6 Å². The third-order valence-corrected chi connectivity index (χ3v) is 3.35. The number of hydrogen-bond acceptors (Lipinski definition) is 1. The third kappa shape index (κ3) is 3.34. The summed E-state index contributed by atoms with van der Waals surface area (Å²) in [5.41, 5.74) is 0. The average molecular weight is 182 g/mol. The Hall–Kier alpha value is 0.0249. The molecule has 0 aromatic heterocycles. The van der Waals surface area contributed by atoms with E-state index >= 15 is 0 Å². The van der Waals surface area contributed by atoms with Gasteiger partial charge in [0.05, 0.1) is 0 Å². The van der Waals surface area contributed by atoms with Crippen LogP contribution in [0.5, 0.6) is 0 Å². The van der Waals surface area contributed by atoms with Crippen LogP contribution in [-0.4, -0.2) is 20.5 Å². The van der Waals surface area contributed by atoms with Crippen LogP contribution in [0.1, 0.15) is 46.0 Å². The van der Waals surface area contributed by atoms with Crippen LogP contribution in [0.15, 0.2) is 0 Å². The van der Waals surface area contributed by atoms with Crippen LogP contribution in [0, 0.1) is 11.8 Å². The molecule has 1 aliphatic rings. The van der Waals surface area contributed by atoms with Gasteiger partial charge in [0.1, 0.15) is 7.85 Å². The van der Waals surface area contributed by atoms with Gasteiger partial charge in [0.15, 0.2) is 0 Å². The van der Waals surface area contributed by atoms with Crippen LogP contribution >= 0.6 is 0 Å². The highest BCUT2D eigenvalue weighted by Gasteiger charge is 2.29. The zero-order valence-corrected chi connectivity index (χ0v) is 9.38. The summed E-state index contributed by atoms with van der Waals surface area (Å²) in [6, 6.07) is 0.511. The first-order chi connectivity index (χ1) is 6.25. The van der Waals surface area contributed by atoms with Crippen molar-refractivity contribution in [2.75, 3.05) is 6.61 Å². The molecule has 0 saturated carbocycles. The molecule has 2 unspecified atom stereocenters. The highest BCUT2D eigenvalue weighted by Crippen LogP contribution is 2.29. The van der Waals surface area contributed by atoms with E-state index in [4.69, 9.17) is 4.74 Å². The van der Waals surface area contributed by atoms with Crippen molar-refractivity contribution in [2.24, 2.45) is 11.8 Å². The molecule has 3 atom stereocenters. The van der Waals surface area contributed by atoms with E-state index in [-0.39, 0.29) is 0 Å². The molecule has 0 radical (unpaired) electrons. The van der Waals surface area contributed by atoms with Gasteiger partial charge in [0.25, 0.3) is 0 Å². The molecule has 1 heterocycles. The molecule has 13 heavy (non-hydrogen) atoms. The van der Waals surface area contributed by atoms with Crippen molar-refractivity contribution in [3.8, 4) is 0 Å². The Bertz CT molecular complexity index is 128. The largest absolute Gasteiger partial charge is 0.387 e. The molecule has 1 nitrogen and oxygen atoms in total. The number of hydrogen-bond donors (Lipinski definition) is 0. The molecule has 0 aromatic carbocycles. The van der Waals surface area contributed by atoms with Crippen LogP contribution in [0.2, 0.25) is 0 Å². The molecule has 2 heteroatoms. The molecule has 0 N–H and O–H groups in total. The highest BCUT2D eigenvalue weighted by molar-refractivity contribution is 6.11. The van der Waals surface area contributed by atoms with E-state index in [9.17, 15) is 0 Å². The van der Waals surface area contributed by atoms with Crippen molar-refractivity contribution in [3.05, 3.63) is 0 Å². The predicted octanol–water partition coefficient (Wildman–Crippen LogP) is 2.20. The van der Waals surface area contributed by atoms with Crippen molar-refractivity contribution >= 4 is 7.85 Å². The van der Waals surface area contributed by atoms with E-state index in [1.807, 2.05) is 0 Å². The first-order valence-electron chi connectivity index (χ1n) is 5.87. The fourth-order valence-electron chi connectivity index (χ4n) is 2.34. The molecule has 1 fully saturated rings. The van der Waals surface area contributed by atoms with Gasteiger partial charge >= 0.3 is 0 Å². The molecule has 1 aliphatic heterocycles. The quantitative estimate of drug-likeness (QED) is 0.467. The summed E-state index contributed by atoms with van der Waals surface area (Å²) in [6.07, 6.45) is 6.92. The fourth-order valence-corrected chi connectivity index (χ4v) is 2.34. The van der Waals surface area contributed by atoms with Gasteiger partial charge in [-0.15, -0.1) is 0 Å². The zero-order valence-electron chi connectivity index (χ0n) is 9.38. The molecule has 76 valence electrons. The summed E-state index contributed by atoms with van der Waals surface area (Å²) in [6.45, 7) is 5.58. The van der Waals surface area contributed by atoms with Gasteiger partial charge < -0.3 is 4.74 Å². The van der Waals surface area contributed by atoms with Gasteiger partial charge in [-0.3, -0.25) is 0 Å². The highest BCUT2D eigenvalue weighted by atomic mass is 16.5. The SMILES string of the molecule is BC1OC[C@@H](C)C1CCCCCC. The smallest absolute Gasteiger partial charge is 0.139 e. The lowest BCUT2D eigenvalue weighted by molar-refractivity contribution is 0.148. The van der Waals surface area contributed by atoms with Gasteiger partial charge in [-0.1, -0.05) is 39.5 Å². The number of rotatable bonds is 5. The minimum absolute atomic E-state index is 0.511. The monoisotopic (exact) mass is 182 g/mol. The standard InChI is InChI=1S/C11H23BO/c1-3-4-5-6-7-10-9(2)8-13-11(10)12/h9-11H,3-8,12H2,1-2H3/t9-,10?,11?/m1/s1. The molecule has 0 amide bonds. The van der Waals surface area contributed by atoms with E-state index in [2.05, 4.69) is 21.7 Å². The lowest BCUT2D eigenvalue weighted by atomic mass is 9.79. The number of ether oxygens (including phenoxy) is 1. The van der Waals surface area contributed by atoms with Crippen LogP contribution in [0.25, 0.3) is 0 Å². The maximum atomic E-state index is 5.63. The van der Waals surface area contributed by atoms with Crippen molar-refractivity contribution in [1.82, 2.24) is 0 Å². The minimum atomic E-state index is 0.511. The summed E-state index contributed by atoms with van der Waals surface area (Å²) in [5, 5.41) is 0. The maximum Gasteiger partial charge on any atom is 0.139 e. The lowest BCUT2D eigenvalue weighted by Crippen LogP contribution is -2.19. The van der Waals surface area contributed by atoms with E-state index < -0.39 is 0 Å². The number of unbranched alkanes of at least 4 members (excludes halogenated alkanes) is 3. The minimum Gasteiger partial charge on any atom is -0.387 e. The third-order valence-electron chi connectivity index (χ3n) is 3.35. The second-order valence-corrected chi connectivity index (χ2v) is 4.53. The average Bonchev–Trinajstić information content (AvgIpc) is 2.42. The van der Waals surface area contributed by atoms with Crippen molar-refractivity contribution < 1.29 is 4.74 Å². The van der Waals surface area contributed by atoms with Gasteiger partial charge in [-0.05, 0) is 18.3 Å². The Morgan fingerprint density at radius 2 is 2.08 bits per heavy atom. The molecular weight excluding hydrogens is 159 g/mol. The summed E-state index contributed by atoms with van der Waals surface area (Å²) < 4.78 is 5.63. The Labute approximate surface area is 83.6 Å². The van der Waals surface area contributed by atoms with E-state index in [0.717, 1.165) is 18.4 Å². The summed E-state index contributed by atoms with van der Waals surface area (Å²) in [7, 11) is 2.23. The van der Waals surface area contributed by atoms with E-state index in [1.165, 1.54) is 32.1 Å². The molecule has 1 saturated heterocycles. The second kappa shape index (κ2) is 5.69. The Balaban J connectivity index is 2.12. The lowest BCUT2D eigenvalue weighted by Gasteiger charge is -2.17. The van der Waals surface area contributed by atoms with Crippen LogP contribution in [0.4, 0.5) is 0 Å². The molecular formula is C11H23BO. The Kier molecular flexibility index (Phi) is 4.86. The summed E-state index contributed by atoms with van der Waals surface area (Å²) in [4.78, 5) is 0. The van der Waals surface area contributed by atoms with Gasteiger partial charge in [-0.25, -0.2) is 0 Å². The van der Waals surface area contributed by atoms with Gasteiger partial charge in [0.2, 0.25) is 0 Å². The zero-order chi connectivity index (χ0) is 9.68. The van der Waals surface area contributed by atoms with E-state index in [0.29, 0.717) is 6.00 Å². The first-order valence-corrected chi connectivity index (χ1v) is 5.87. The van der Waals surface area contributed by atoms with Crippen LogP contribution in [-0.2, 0) is 4.74 Å². The summed E-state index contributed by atoms with van der Waals surface area (Å²) in [5.74, 6) is 1.62. The van der Waals surface area contributed by atoms with E-state index in [1.54, 1.807) is 0 Å². The first kappa shape index (κ1) is 11.1. The van der Waals surface area contributed by atoms with Gasteiger partial charge in [-0.2, -0.15) is 0 Å². The predicted molar refractivity (Wildman–Crippen MR) is 59.7 cm³/mol. The Morgan fingerprint density at radius 1 is 1.31 bits per heavy atom. The fraction of sp³-hybridized carbons (Fsp3) is 1.00. The molecule has 0 aliphatic carbocycles. The van der Waals surface area contributed by atoms with Crippen molar-refractivity contribution in [2.45, 2.75) is 52.0 Å². The van der Waals surface area contributed by atoms with Crippen LogP contribution in [0.3, 0.4) is 0 Å². The Morgan fingerprint density at radius 3 is 2.62 bits per heavy atom. The molecule has 1 rings (SSSR count). The normalized spacial score (nSPS) is 33.8. The molecule has 0 spiro atoms. The van der Waals surface area contributed by atoms with Crippen molar-refractivity contribution in [3.63, 3.8) is 0 Å². The second-order valence-electron chi connectivity index (χ2n) is 4.53. The molecule has 0 aromatic rings.